The van der Waals surface area contributed by atoms with Crippen molar-refractivity contribution in [2.24, 2.45) is 0 Å². The van der Waals surface area contributed by atoms with Gasteiger partial charge in [-0.2, -0.15) is 0 Å². The molecule has 0 bridgehead atoms. The molecule has 1 aromatic carbocycles. The zero-order chi connectivity index (χ0) is 11.0. The third kappa shape index (κ3) is 1.48. The zero-order valence-electron chi connectivity index (χ0n) is 8.52. The minimum Gasteiger partial charge on any atom is -0.254 e. The Morgan fingerprint density at radius 1 is 0.938 bits per heavy atom. The van der Waals surface area contributed by atoms with Crippen LogP contribution in [0.1, 0.15) is 5.69 Å². The molecule has 0 aliphatic carbocycles. The highest BCUT2D eigenvalue weighted by atomic mass is 79.9. The van der Waals surface area contributed by atoms with Crippen molar-refractivity contribution in [3.05, 3.63) is 48.3 Å². The zero-order valence-corrected chi connectivity index (χ0v) is 10.1. The Bertz CT molecular complexity index is 664. The third-order valence-corrected chi connectivity index (χ3v) is 3.20. The Morgan fingerprint density at radius 2 is 1.69 bits per heavy atom. The first kappa shape index (κ1) is 9.73. The first-order valence-electron chi connectivity index (χ1n) is 5.08. The van der Waals surface area contributed by atoms with Gasteiger partial charge in [0, 0.05) is 22.3 Å². The molecule has 0 unspecified atom stereocenters. The lowest BCUT2D eigenvalue weighted by Gasteiger charge is -2.03. The molecular formula is C13H9BrN2. The molecule has 3 aromatic rings. The van der Waals surface area contributed by atoms with Gasteiger partial charge in [0.25, 0.3) is 0 Å². The smallest absolute Gasteiger partial charge is 0.0968 e. The molecule has 3 rings (SSSR count). The summed E-state index contributed by atoms with van der Waals surface area (Å²) >= 11 is 3.42. The molecule has 0 spiro atoms. The van der Waals surface area contributed by atoms with Gasteiger partial charge in [0.15, 0.2) is 0 Å². The van der Waals surface area contributed by atoms with Crippen LogP contribution in [0.5, 0.6) is 0 Å². The van der Waals surface area contributed by atoms with E-state index in [9.17, 15) is 0 Å². The monoisotopic (exact) mass is 272 g/mol. The molecule has 2 aromatic heterocycles. The molecule has 2 heterocycles. The number of benzene rings is 1. The molecule has 0 aliphatic rings. The molecule has 0 saturated heterocycles. The minimum absolute atomic E-state index is 0.770. The van der Waals surface area contributed by atoms with E-state index in [-0.39, 0.29) is 0 Å². The summed E-state index contributed by atoms with van der Waals surface area (Å²) in [5.74, 6) is 0. The number of rotatable bonds is 1. The Morgan fingerprint density at radius 3 is 2.50 bits per heavy atom. The third-order valence-electron chi connectivity index (χ3n) is 2.63. The highest BCUT2D eigenvalue weighted by Crippen LogP contribution is 2.22. The van der Waals surface area contributed by atoms with Crippen molar-refractivity contribution in [3.8, 4) is 0 Å². The maximum Gasteiger partial charge on any atom is 0.0968 e. The van der Waals surface area contributed by atoms with Gasteiger partial charge < -0.3 is 0 Å². The Labute approximate surface area is 101 Å². The van der Waals surface area contributed by atoms with Crippen molar-refractivity contribution in [1.29, 1.82) is 0 Å². The van der Waals surface area contributed by atoms with E-state index in [2.05, 4.69) is 50.2 Å². The largest absolute Gasteiger partial charge is 0.254 e. The average molecular weight is 273 g/mol. The first-order chi connectivity index (χ1) is 7.88. The molecule has 78 valence electrons. The van der Waals surface area contributed by atoms with Crippen molar-refractivity contribution in [3.63, 3.8) is 0 Å². The summed E-state index contributed by atoms with van der Waals surface area (Å²) < 4.78 is 0. The van der Waals surface area contributed by atoms with E-state index < -0.39 is 0 Å². The van der Waals surface area contributed by atoms with E-state index >= 15 is 0 Å². The van der Waals surface area contributed by atoms with Crippen LogP contribution in [0.25, 0.3) is 21.8 Å². The van der Waals surface area contributed by atoms with Gasteiger partial charge in [-0.05, 0) is 12.1 Å². The van der Waals surface area contributed by atoms with Crippen LogP contribution in [0.15, 0.2) is 42.6 Å². The summed E-state index contributed by atoms with van der Waals surface area (Å²) in [7, 11) is 0. The van der Waals surface area contributed by atoms with Gasteiger partial charge in [0.05, 0.1) is 16.7 Å². The number of alkyl halides is 1. The van der Waals surface area contributed by atoms with Gasteiger partial charge in [0.1, 0.15) is 0 Å². The van der Waals surface area contributed by atoms with Gasteiger partial charge in [-0.15, -0.1) is 0 Å². The summed E-state index contributed by atoms with van der Waals surface area (Å²) in [5.41, 5.74) is 2.99. The Balaban J connectivity index is 2.47. The summed E-state index contributed by atoms with van der Waals surface area (Å²) in [5, 5.41) is 3.04. The van der Waals surface area contributed by atoms with E-state index in [1.54, 1.807) is 0 Å². The number of fused-ring (bicyclic) bond motifs is 3. The normalized spacial score (nSPS) is 11.1. The molecule has 3 heteroatoms. The minimum atomic E-state index is 0.770. The number of aromatic nitrogens is 2. The van der Waals surface area contributed by atoms with Gasteiger partial charge in [-0.3, -0.25) is 4.98 Å². The molecule has 0 amide bonds. The van der Waals surface area contributed by atoms with Crippen LogP contribution in [-0.2, 0) is 5.33 Å². The maximum absolute atomic E-state index is 4.61. The molecule has 0 saturated carbocycles. The highest BCUT2D eigenvalue weighted by Gasteiger charge is 2.03. The van der Waals surface area contributed by atoms with Crippen LogP contribution >= 0.6 is 15.9 Å². The highest BCUT2D eigenvalue weighted by molar-refractivity contribution is 9.08. The second-order valence-electron chi connectivity index (χ2n) is 3.65. The summed E-state index contributed by atoms with van der Waals surface area (Å²) in [6.45, 7) is 0. The van der Waals surface area contributed by atoms with Crippen molar-refractivity contribution < 1.29 is 0 Å². The van der Waals surface area contributed by atoms with Crippen LogP contribution < -0.4 is 0 Å². The summed E-state index contributed by atoms with van der Waals surface area (Å²) in [4.78, 5) is 9.02. The molecule has 0 radical (unpaired) electrons. The number of hydrogen-bond acceptors (Lipinski definition) is 2. The molecule has 0 fully saturated rings. The standard InChI is InChI=1S/C13H9BrN2/c14-8-11-6-5-10-4-3-9-2-1-7-15-12(9)13(10)16-11/h1-7H,8H2. The molecule has 2 nitrogen and oxygen atoms in total. The van der Waals surface area contributed by atoms with Crippen LogP contribution in [0.4, 0.5) is 0 Å². The summed E-state index contributed by atoms with van der Waals surface area (Å²) in [6.07, 6.45) is 1.81. The van der Waals surface area contributed by atoms with Crippen LogP contribution in [0.3, 0.4) is 0 Å². The molecular weight excluding hydrogens is 264 g/mol. The maximum atomic E-state index is 4.61. The lowest BCUT2D eigenvalue weighted by Crippen LogP contribution is -1.88. The van der Waals surface area contributed by atoms with E-state index in [0.29, 0.717) is 0 Å². The van der Waals surface area contributed by atoms with Crippen LogP contribution in [0.2, 0.25) is 0 Å². The topological polar surface area (TPSA) is 25.8 Å². The van der Waals surface area contributed by atoms with Crippen molar-refractivity contribution in [2.75, 3.05) is 0 Å². The molecule has 16 heavy (non-hydrogen) atoms. The van der Waals surface area contributed by atoms with Gasteiger partial charge in [-0.25, -0.2) is 4.98 Å². The number of hydrogen-bond donors (Lipinski definition) is 0. The van der Waals surface area contributed by atoms with E-state index in [1.165, 1.54) is 0 Å². The Kier molecular flexibility index (Phi) is 2.33. The predicted octanol–water partition coefficient (Wildman–Crippen LogP) is 3.68. The van der Waals surface area contributed by atoms with Crippen molar-refractivity contribution >= 4 is 37.7 Å². The lowest BCUT2D eigenvalue weighted by molar-refractivity contribution is 1.23. The van der Waals surface area contributed by atoms with Crippen LogP contribution in [-0.4, -0.2) is 9.97 Å². The van der Waals surface area contributed by atoms with E-state index in [4.69, 9.17) is 0 Å². The van der Waals surface area contributed by atoms with E-state index in [0.717, 1.165) is 32.8 Å². The van der Waals surface area contributed by atoms with Gasteiger partial charge >= 0.3 is 0 Å². The van der Waals surface area contributed by atoms with Crippen LogP contribution in [0, 0.1) is 0 Å². The Hall–Kier alpha value is -1.48. The second-order valence-corrected chi connectivity index (χ2v) is 4.21. The second kappa shape index (κ2) is 3.83. The quantitative estimate of drug-likeness (QED) is 0.499. The number of nitrogens with zero attached hydrogens (tertiary/aromatic N) is 2. The summed E-state index contributed by atoms with van der Waals surface area (Å²) in [6, 6.07) is 12.3. The predicted molar refractivity (Wildman–Crippen MR) is 69.7 cm³/mol. The average Bonchev–Trinajstić information content (AvgIpc) is 2.38. The fraction of sp³-hybridized carbons (Fsp3) is 0.0769. The molecule has 0 aliphatic heterocycles. The number of pyridine rings is 2. The SMILES string of the molecule is BrCc1ccc2ccc3cccnc3c2n1. The lowest BCUT2D eigenvalue weighted by atomic mass is 10.1. The molecule has 0 atom stereocenters. The van der Waals surface area contributed by atoms with Crippen molar-refractivity contribution in [2.45, 2.75) is 5.33 Å². The van der Waals surface area contributed by atoms with Crippen molar-refractivity contribution in [1.82, 2.24) is 9.97 Å². The van der Waals surface area contributed by atoms with Gasteiger partial charge in [0.2, 0.25) is 0 Å². The molecule has 0 N–H and O–H groups in total. The fourth-order valence-electron chi connectivity index (χ4n) is 1.84. The van der Waals surface area contributed by atoms with E-state index in [1.807, 2.05) is 18.3 Å². The van der Waals surface area contributed by atoms with Gasteiger partial charge in [-0.1, -0.05) is 40.2 Å². The number of halogens is 1. The first-order valence-corrected chi connectivity index (χ1v) is 6.20. The fourth-order valence-corrected chi connectivity index (χ4v) is 2.15.